The minimum Gasteiger partial charge on any atom is -0.479 e. The van der Waals surface area contributed by atoms with Crippen molar-refractivity contribution in [1.82, 2.24) is 5.32 Å². The van der Waals surface area contributed by atoms with Crippen LogP contribution < -0.4 is 15.0 Å². The van der Waals surface area contributed by atoms with Gasteiger partial charge in [0.2, 0.25) is 5.91 Å². The van der Waals surface area contributed by atoms with Gasteiger partial charge in [0, 0.05) is 13.6 Å². The Morgan fingerprint density at radius 1 is 1.16 bits per heavy atom. The summed E-state index contributed by atoms with van der Waals surface area (Å²) in [6, 6.07) is 13.6. The molecule has 0 radical (unpaired) electrons. The first kappa shape index (κ1) is 17.0. The van der Waals surface area contributed by atoms with E-state index in [-0.39, 0.29) is 11.8 Å². The number of rotatable bonds is 4. The van der Waals surface area contributed by atoms with Gasteiger partial charge >= 0.3 is 0 Å². The fourth-order valence-electron chi connectivity index (χ4n) is 2.82. The maximum atomic E-state index is 12.1. The van der Waals surface area contributed by atoms with Crippen molar-refractivity contribution >= 4 is 17.5 Å². The molecule has 2 aromatic carbocycles. The first-order valence-electron chi connectivity index (χ1n) is 8.33. The molecule has 5 heteroatoms. The number of fused-ring (bicyclic) bond motifs is 1. The predicted octanol–water partition coefficient (Wildman–Crippen LogP) is 2.60. The molecule has 2 amide bonds. The lowest BCUT2D eigenvalue weighted by atomic mass is 10.1. The lowest BCUT2D eigenvalue weighted by Gasteiger charge is -2.30. The van der Waals surface area contributed by atoms with Crippen LogP contribution in [0.25, 0.3) is 0 Å². The van der Waals surface area contributed by atoms with E-state index >= 15 is 0 Å². The number of ether oxygens (including phenoxy) is 1. The lowest BCUT2D eigenvalue weighted by Crippen LogP contribution is -2.42. The van der Waals surface area contributed by atoms with Gasteiger partial charge in [0.05, 0.1) is 12.1 Å². The Labute approximate surface area is 147 Å². The number of carbonyl (C=O) groups is 2. The molecule has 1 atom stereocenters. The van der Waals surface area contributed by atoms with Crippen molar-refractivity contribution in [3.8, 4) is 5.75 Å². The third-order valence-corrected chi connectivity index (χ3v) is 4.34. The molecule has 3 rings (SSSR count). The van der Waals surface area contributed by atoms with E-state index in [1.54, 1.807) is 18.9 Å². The average Bonchev–Trinajstić information content (AvgIpc) is 2.60. The van der Waals surface area contributed by atoms with Crippen molar-refractivity contribution in [2.24, 2.45) is 0 Å². The van der Waals surface area contributed by atoms with Crippen LogP contribution in [0.1, 0.15) is 23.6 Å². The summed E-state index contributed by atoms with van der Waals surface area (Å²) < 4.78 is 5.61. The van der Waals surface area contributed by atoms with E-state index in [1.807, 2.05) is 49.4 Å². The third-order valence-electron chi connectivity index (χ3n) is 4.34. The molecule has 1 aliphatic rings. The van der Waals surface area contributed by atoms with Crippen LogP contribution in [0.2, 0.25) is 0 Å². The number of nitrogens with one attached hydrogen (secondary N) is 1. The number of carbonyl (C=O) groups excluding carboxylic acids is 2. The fraction of sp³-hybridized carbons (Fsp3) is 0.300. The van der Waals surface area contributed by atoms with Crippen molar-refractivity contribution in [3.05, 3.63) is 59.2 Å². The Hall–Kier alpha value is -2.82. The van der Waals surface area contributed by atoms with E-state index < -0.39 is 6.10 Å². The summed E-state index contributed by atoms with van der Waals surface area (Å²) in [6.07, 6.45) is -0.123. The normalized spacial score (nSPS) is 16.2. The molecule has 0 saturated carbocycles. The second kappa shape index (κ2) is 6.97. The van der Waals surface area contributed by atoms with Crippen LogP contribution in [-0.2, 0) is 22.6 Å². The molecule has 1 N–H and O–H groups in total. The molecule has 0 bridgehead atoms. The van der Waals surface area contributed by atoms with E-state index in [4.69, 9.17) is 4.74 Å². The van der Waals surface area contributed by atoms with Gasteiger partial charge in [-0.3, -0.25) is 9.59 Å². The number of anilines is 1. The minimum atomic E-state index is -0.474. The fourth-order valence-corrected chi connectivity index (χ4v) is 2.82. The standard InChI is InChI=1S/C20H22N2O3/c1-13-4-6-15(7-5-13)11-19(23)21-12-16-8-9-18-17(10-16)22(3)20(24)14(2)25-18/h4-10,14H,11-12H2,1-3H3,(H,21,23). The SMILES string of the molecule is Cc1ccc(CC(=O)NCc2ccc3c(c2)N(C)C(=O)C(C)O3)cc1. The molecule has 1 aliphatic heterocycles. The predicted molar refractivity (Wildman–Crippen MR) is 96.7 cm³/mol. The highest BCUT2D eigenvalue weighted by molar-refractivity contribution is 5.99. The second-order valence-corrected chi connectivity index (χ2v) is 6.40. The largest absolute Gasteiger partial charge is 0.479 e. The number of hydrogen-bond donors (Lipinski definition) is 1. The first-order valence-corrected chi connectivity index (χ1v) is 8.33. The van der Waals surface area contributed by atoms with Crippen LogP contribution in [-0.4, -0.2) is 25.0 Å². The highest BCUT2D eigenvalue weighted by Crippen LogP contribution is 2.33. The Bertz CT molecular complexity index is 799. The molecular weight excluding hydrogens is 316 g/mol. The summed E-state index contributed by atoms with van der Waals surface area (Å²) in [5.74, 6) is 0.577. The molecule has 0 aromatic heterocycles. The molecule has 5 nitrogen and oxygen atoms in total. The average molecular weight is 338 g/mol. The van der Waals surface area contributed by atoms with Gasteiger partial charge in [-0.25, -0.2) is 0 Å². The molecule has 1 unspecified atom stereocenters. The van der Waals surface area contributed by atoms with Gasteiger partial charge in [0.1, 0.15) is 5.75 Å². The molecule has 0 spiro atoms. The van der Waals surface area contributed by atoms with Gasteiger partial charge in [-0.2, -0.15) is 0 Å². The highest BCUT2D eigenvalue weighted by atomic mass is 16.5. The van der Waals surface area contributed by atoms with Crippen LogP contribution in [0.4, 0.5) is 5.69 Å². The lowest BCUT2D eigenvalue weighted by molar-refractivity contribution is -0.125. The molecule has 0 saturated heterocycles. The van der Waals surface area contributed by atoms with E-state index in [0.717, 1.165) is 16.8 Å². The highest BCUT2D eigenvalue weighted by Gasteiger charge is 2.28. The van der Waals surface area contributed by atoms with Gasteiger partial charge in [-0.1, -0.05) is 35.9 Å². The van der Waals surface area contributed by atoms with Gasteiger partial charge in [0.15, 0.2) is 6.10 Å². The van der Waals surface area contributed by atoms with E-state index in [0.29, 0.717) is 18.7 Å². The molecule has 130 valence electrons. The van der Waals surface area contributed by atoms with Crippen molar-refractivity contribution < 1.29 is 14.3 Å². The maximum Gasteiger partial charge on any atom is 0.267 e. The monoisotopic (exact) mass is 338 g/mol. The minimum absolute atomic E-state index is 0.0316. The summed E-state index contributed by atoms with van der Waals surface area (Å²) in [7, 11) is 1.74. The van der Waals surface area contributed by atoms with Crippen molar-refractivity contribution in [1.29, 1.82) is 0 Å². The van der Waals surface area contributed by atoms with Crippen LogP contribution in [0.5, 0.6) is 5.75 Å². The van der Waals surface area contributed by atoms with Crippen LogP contribution in [0.3, 0.4) is 0 Å². The summed E-state index contributed by atoms with van der Waals surface area (Å²) in [4.78, 5) is 25.7. The Balaban J connectivity index is 1.63. The Kier molecular flexibility index (Phi) is 4.74. The first-order chi connectivity index (χ1) is 11.9. The summed E-state index contributed by atoms with van der Waals surface area (Å²) in [6.45, 7) is 4.17. The summed E-state index contributed by atoms with van der Waals surface area (Å²) in [5, 5.41) is 2.92. The quantitative estimate of drug-likeness (QED) is 0.932. The number of likely N-dealkylation sites (N-methyl/N-ethyl adjacent to an activating group) is 1. The van der Waals surface area contributed by atoms with Gasteiger partial charge in [-0.05, 0) is 37.1 Å². The zero-order chi connectivity index (χ0) is 18.0. The van der Waals surface area contributed by atoms with Gasteiger partial charge < -0.3 is 15.0 Å². The Morgan fingerprint density at radius 2 is 1.84 bits per heavy atom. The van der Waals surface area contributed by atoms with E-state index in [2.05, 4.69) is 5.32 Å². The third kappa shape index (κ3) is 3.82. The maximum absolute atomic E-state index is 12.1. The Morgan fingerprint density at radius 3 is 2.56 bits per heavy atom. The van der Waals surface area contributed by atoms with Crippen LogP contribution in [0.15, 0.2) is 42.5 Å². The van der Waals surface area contributed by atoms with E-state index in [1.165, 1.54) is 5.56 Å². The molecular formula is C20H22N2O3. The summed E-state index contributed by atoms with van der Waals surface area (Å²) in [5.41, 5.74) is 3.82. The number of benzene rings is 2. The second-order valence-electron chi connectivity index (χ2n) is 6.40. The molecule has 2 aromatic rings. The van der Waals surface area contributed by atoms with Crippen molar-refractivity contribution in [2.75, 3.05) is 11.9 Å². The topological polar surface area (TPSA) is 58.6 Å². The molecule has 25 heavy (non-hydrogen) atoms. The van der Waals surface area contributed by atoms with Gasteiger partial charge in [0.25, 0.3) is 5.91 Å². The molecule has 0 fully saturated rings. The molecule has 1 heterocycles. The van der Waals surface area contributed by atoms with E-state index in [9.17, 15) is 9.59 Å². The number of nitrogens with zero attached hydrogens (tertiary/aromatic N) is 1. The zero-order valence-corrected chi connectivity index (χ0v) is 14.7. The zero-order valence-electron chi connectivity index (χ0n) is 14.7. The number of hydrogen-bond acceptors (Lipinski definition) is 3. The van der Waals surface area contributed by atoms with Crippen LogP contribution in [0, 0.1) is 6.92 Å². The van der Waals surface area contributed by atoms with Crippen LogP contribution >= 0.6 is 0 Å². The van der Waals surface area contributed by atoms with Crippen molar-refractivity contribution in [2.45, 2.75) is 32.9 Å². The smallest absolute Gasteiger partial charge is 0.267 e. The number of aryl methyl sites for hydroxylation is 1. The number of amides is 2. The summed E-state index contributed by atoms with van der Waals surface area (Å²) >= 11 is 0. The van der Waals surface area contributed by atoms with Crippen molar-refractivity contribution in [3.63, 3.8) is 0 Å². The molecule has 0 aliphatic carbocycles. The van der Waals surface area contributed by atoms with Gasteiger partial charge in [-0.15, -0.1) is 0 Å².